The first-order valence-electron chi connectivity index (χ1n) is 13.9. The Morgan fingerprint density at radius 3 is 1.73 bits per heavy atom. The predicted molar refractivity (Wildman–Crippen MR) is 164 cm³/mol. The van der Waals surface area contributed by atoms with Gasteiger partial charge in [-0.3, -0.25) is 9.59 Å². The number of amides is 2. The highest BCUT2D eigenvalue weighted by Gasteiger charge is 2.30. The molecule has 0 aliphatic carbocycles. The number of likely N-dealkylation sites (N-methyl/N-ethyl adjacent to an activating group) is 1. The minimum atomic E-state index is -0.856. The van der Waals surface area contributed by atoms with E-state index < -0.39 is 6.04 Å². The summed E-state index contributed by atoms with van der Waals surface area (Å²) in [5.74, 6) is 1.16. The molecule has 0 spiro atoms. The number of nitrogens with zero attached hydrogens (tertiary/aromatic N) is 1. The molecule has 2 N–H and O–H groups in total. The zero-order chi connectivity index (χ0) is 30.5. The number of ether oxygens (including phenoxy) is 2. The Balaban J connectivity index is 1.88. The average Bonchev–Trinajstić information content (AvgIpc) is 2.91. The van der Waals surface area contributed by atoms with Gasteiger partial charge in [-0.15, -0.1) is 0 Å². The molecule has 220 valence electrons. The maximum atomic E-state index is 13.6. The summed E-state index contributed by atoms with van der Waals surface area (Å²) in [6, 6.07) is 17.3. The molecular weight excluding hydrogens is 516 g/mol. The van der Waals surface area contributed by atoms with Gasteiger partial charge in [-0.05, 0) is 75.9 Å². The molecule has 3 aromatic rings. The van der Waals surface area contributed by atoms with E-state index in [0.29, 0.717) is 34.9 Å². The lowest BCUT2D eigenvalue weighted by Crippen LogP contribution is -2.38. The number of aromatic hydroxyl groups is 1. The first kappa shape index (κ1) is 31.5. The second kappa shape index (κ2) is 12.7. The van der Waals surface area contributed by atoms with Gasteiger partial charge in [0.15, 0.2) is 0 Å². The smallest absolute Gasteiger partial charge is 0.251 e. The second-order valence-electron chi connectivity index (χ2n) is 12.4. The van der Waals surface area contributed by atoms with Crippen LogP contribution in [-0.2, 0) is 26.8 Å². The molecule has 0 aliphatic heterocycles. The molecule has 0 fully saturated rings. The van der Waals surface area contributed by atoms with Crippen molar-refractivity contribution in [2.45, 2.75) is 71.3 Å². The Morgan fingerprint density at radius 1 is 0.829 bits per heavy atom. The third kappa shape index (κ3) is 7.81. The van der Waals surface area contributed by atoms with Gasteiger partial charge in [0, 0.05) is 19.2 Å². The van der Waals surface area contributed by atoms with Crippen molar-refractivity contribution in [3.63, 3.8) is 0 Å². The highest BCUT2D eigenvalue weighted by molar-refractivity contribution is 5.98. The predicted octanol–water partition coefficient (Wildman–Crippen LogP) is 6.78. The first-order chi connectivity index (χ1) is 19.1. The molecule has 2 amide bonds. The number of phenolic OH excluding ortho intramolecular Hbond substituents is 1. The lowest BCUT2D eigenvalue weighted by Gasteiger charge is -2.29. The number of aryl methyl sites for hydroxylation is 1. The van der Waals surface area contributed by atoms with E-state index in [4.69, 9.17) is 9.47 Å². The molecule has 0 aromatic heterocycles. The van der Waals surface area contributed by atoms with E-state index in [2.05, 4.69) is 46.9 Å². The van der Waals surface area contributed by atoms with E-state index in [1.54, 1.807) is 69.8 Å². The van der Waals surface area contributed by atoms with E-state index in [0.717, 1.165) is 16.7 Å². The van der Waals surface area contributed by atoms with Crippen molar-refractivity contribution >= 4 is 17.5 Å². The number of carbonyl (C=O) groups is 2. The van der Waals surface area contributed by atoms with Crippen LogP contribution in [0, 0.1) is 0 Å². The van der Waals surface area contributed by atoms with Gasteiger partial charge in [-0.2, -0.15) is 0 Å². The monoisotopic (exact) mass is 560 g/mol. The maximum absolute atomic E-state index is 13.6. The summed E-state index contributed by atoms with van der Waals surface area (Å²) < 4.78 is 10.5. The van der Waals surface area contributed by atoms with E-state index in [1.165, 1.54) is 4.90 Å². The van der Waals surface area contributed by atoms with Gasteiger partial charge in [0.1, 0.15) is 23.3 Å². The van der Waals surface area contributed by atoms with E-state index in [-0.39, 0.29) is 29.1 Å². The highest BCUT2D eigenvalue weighted by atomic mass is 16.5. The van der Waals surface area contributed by atoms with E-state index in [1.807, 2.05) is 12.1 Å². The minimum Gasteiger partial charge on any atom is -0.507 e. The molecule has 0 radical (unpaired) electrons. The number of anilines is 1. The van der Waals surface area contributed by atoms with Crippen molar-refractivity contribution in [1.82, 2.24) is 4.90 Å². The van der Waals surface area contributed by atoms with Crippen molar-refractivity contribution < 1.29 is 24.2 Å². The van der Waals surface area contributed by atoms with Crippen LogP contribution in [0.4, 0.5) is 5.69 Å². The fraction of sp³-hybridized carbons (Fsp3) is 0.412. The van der Waals surface area contributed by atoms with Gasteiger partial charge in [0.05, 0.1) is 14.2 Å². The molecule has 7 nitrogen and oxygen atoms in total. The van der Waals surface area contributed by atoms with Crippen LogP contribution in [0.15, 0.2) is 60.7 Å². The average molecular weight is 561 g/mol. The van der Waals surface area contributed by atoms with Gasteiger partial charge in [-0.1, -0.05) is 65.8 Å². The van der Waals surface area contributed by atoms with Crippen LogP contribution in [0.5, 0.6) is 17.2 Å². The number of nitrogens with one attached hydrogen (secondary N) is 1. The van der Waals surface area contributed by atoms with Crippen molar-refractivity contribution in [3.05, 3.63) is 82.9 Å². The molecule has 0 saturated heterocycles. The third-order valence-electron chi connectivity index (χ3n) is 7.23. The standard InChI is InChI=1S/C34H44N2O5/c1-33(2,3)27-20-22(21-28(31(27)38)34(4,5)6)10-19-29(37)36(7)30(23-11-15-25(40-8)16-12-23)32(39)35-24-13-17-26(41-9)18-14-24/h11-18,20-21,30,38H,10,19H2,1-9H3,(H,35,39). The maximum Gasteiger partial charge on any atom is 0.251 e. The van der Waals surface area contributed by atoms with E-state index >= 15 is 0 Å². The summed E-state index contributed by atoms with van der Waals surface area (Å²) in [5, 5.41) is 14.0. The van der Waals surface area contributed by atoms with Crippen LogP contribution in [0.25, 0.3) is 0 Å². The van der Waals surface area contributed by atoms with E-state index in [9.17, 15) is 14.7 Å². The van der Waals surface area contributed by atoms with Crippen molar-refractivity contribution in [2.75, 3.05) is 26.6 Å². The van der Waals surface area contributed by atoms with Crippen molar-refractivity contribution in [1.29, 1.82) is 0 Å². The Kier molecular flexibility index (Phi) is 9.74. The minimum absolute atomic E-state index is 0.168. The summed E-state index contributed by atoms with van der Waals surface area (Å²) in [7, 11) is 4.82. The van der Waals surface area contributed by atoms with Crippen LogP contribution >= 0.6 is 0 Å². The Hall–Kier alpha value is -4.00. The summed E-state index contributed by atoms with van der Waals surface area (Å²) in [4.78, 5) is 28.7. The fourth-order valence-electron chi connectivity index (χ4n) is 4.78. The number of rotatable bonds is 9. The normalized spacial score (nSPS) is 12.4. The molecule has 0 aliphatic rings. The lowest BCUT2D eigenvalue weighted by atomic mass is 9.78. The lowest BCUT2D eigenvalue weighted by molar-refractivity contribution is -0.137. The zero-order valence-corrected chi connectivity index (χ0v) is 25.8. The zero-order valence-electron chi connectivity index (χ0n) is 25.8. The molecule has 0 heterocycles. The molecule has 41 heavy (non-hydrogen) atoms. The van der Waals surface area contributed by atoms with Gasteiger partial charge >= 0.3 is 0 Å². The van der Waals surface area contributed by atoms with Crippen molar-refractivity contribution in [3.8, 4) is 17.2 Å². The molecule has 0 saturated carbocycles. The largest absolute Gasteiger partial charge is 0.507 e. The van der Waals surface area contributed by atoms with Gasteiger partial charge in [-0.25, -0.2) is 0 Å². The fourth-order valence-corrected chi connectivity index (χ4v) is 4.78. The summed E-state index contributed by atoms with van der Waals surface area (Å²) in [6.45, 7) is 12.4. The van der Waals surface area contributed by atoms with Gasteiger partial charge in [0.2, 0.25) is 5.91 Å². The summed E-state index contributed by atoms with van der Waals surface area (Å²) >= 11 is 0. The Labute approximate surface area is 244 Å². The van der Waals surface area contributed by atoms with Gasteiger partial charge in [0.25, 0.3) is 5.91 Å². The number of benzene rings is 3. The highest BCUT2D eigenvalue weighted by Crippen LogP contribution is 2.40. The number of hydrogen-bond donors (Lipinski definition) is 2. The number of carbonyl (C=O) groups excluding carboxylic acids is 2. The van der Waals surface area contributed by atoms with Crippen molar-refractivity contribution in [2.24, 2.45) is 0 Å². The summed E-state index contributed by atoms with van der Waals surface area (Å²) in [5.41, 5.74) is 3.43. The topological polar surface area (TPSA) is 88.1 Å². The second-order valence-corrected chi connectivity index (χ2v) is 12.4. The van der Waals surface area contributed by atoms with Crippen LogP contribution in [0.1, 0.15) is 76.3 Å². The van der Waals surface area contributed by atoms with Crippen LogP contribution < -0.4 is 14.8 Å². The molecule has 0 bridgehead atoms. The number of phenols is 1. The molecule has 1 atom stereocenters. The molecule has 7 heteroatoms. The van der Waals surface area contributed by atoms with Gasteiger partial charge < -0.3 is 24.8 Å². The number of methoxy groups -OCH3 is 2. The number of hydrogen-bond acceptors (Lipinski definition) is 5. The molecule has 3 aromatic carbocycles. The Bertz CT molecular complexity index is 1310. The van der Waals surface area contributed by atoms with Crippen LogP contribution in [0.2, 0.25) is 0 Å². The molecule has 1 unspecified atom stereocenters. The quantitative estimate of drug-likeness (QED) is 0.301. The molecule has 3 rings (SSSR count). The Morgan fingerprint density at radius 2 is 1.29 bits per heavy atom. The first-order valence-corrected chi connectivity index (χ1v) is 13.9. The van der Waals surface area contributed by atoms with Crippen LogP contribution in [0.3, 0.4) is 0 Å². The SMILES string of the molecule is COc1ccc(NC(=O)C(c2ccc(OC)cc2)N(C)C(=O)CCc2cc(C(C)(C)C)c(O)c(C(C)(C)C)c2)cc1. The molecular formula is C34H44N2O5. The van der Waals surface area contributed by atoms with Crippen LogP contribution in [-0.4, -0.2) is 43.1 Å². The third-order valence-corrected chi connectivity index (χ3v) is 7.23. The summed E-state index contributed by atoms with van der Waals surface area (Å²) in [6.07, 6.45) is 0.682.